The van der Waals surface area contributed by atoms with Crippen LogP contribution >= 0.6 is 0 Å². The molecule has 1 atom stereocenters. The molecule has 2 aromatic heterocycles. The largest absolute Gasteiger partial charge is 0.478 e. The predicted molar refractivity (Wildman–Crippen MR) is 76.0 cm³/mol. The quantitative estimate of drug-likeness (QED) is 0.846. The van der Waals surface area contributed by atoms with Crippen LogP contribution in [0.1, 0.15) is 35.2 Å². The smallest absolute Gasteiger partial charge is 0.339 e. The molecule has 0 saturated heterocycles. The number of nitrogens with zero attached hydrogens (tertiary/aromatic N) is 1. The third-order valence-electron chi connectivity index (χ3n) is 3.08. The van der Waals surface area contributed by atoms with E-state index in [2.05, 4.69) is 10.3 Å². The van der Waals surface area contributed by atoms with Gasteiger partial charge in [0.15, 0.2) is 0 Å². The molecular formula is C15H18N2O3. The van der Waals surface area contributed by atoms with E-state index < -0.39 is 5.97 Å². The van der Waals surface area contributed by atoms with Gasteiger partial charge in [0.25, 0.3) is 0 Å². The number of furan rings is 1. The van der Waals surface area contributed by atoms with Gasteiger partial charge in [-0.15, -0.1) is 0 Å². The topological polar surface area (TPSA) is 75.4 Å². The van der Waals surface area contributed by atoms with E-state index in [1.165, 1.54) is 6.20 Å². The van der Waals surface area contributed by atoms with E-state index in [1.54, 1.807) is 12.3 Å². The van der Waals surface area contributed by atoms with Crippen LogP contribution in [0, 0.1) is 6.92 Å². The van der Waals surface area contributed by atoms with E-state index in [0.29, 0.717) is 5.69 Å². The van der Waals surface area contributed by atoms with E-state index in [-0.39, 0.29) is 11.6 Å². The zero-order valence-corrected chi connectivity index (χ0v) is 11.6. The van der Waals surface area contributed by atoms with Crippen molar-refractivity contribution in [3.05, 3.63) is 47.7 Å². The van der Waals surface area contributed by atoms with Crippen molar-refractivity contribution in [2.45, 2.75) is 32.7 Å². The lowest BCUT2D eigenvalue weighted by Crippen LogP contribution is -2.18. The summed E-state index contributed by atoms with van der Waals surface area (Å²) in [6.45, 7) is 3.86. The number of rotatable bonds is 6. The van der Waals surface area contributed by atoms with Crippen molar-refractivity contribution in [3.8, 4) is 0 Å². The summed E-state index contributed by atoms with van der Waals surface area (Å²) in [7, 11) is 0. The van der Waals surface area contributed by atoms with Crippen LogP contribution in [0.25, 0.3) is 0 Å². The summed E-state index contributed by atoms with van der Waals surface area (Å²) in [6, 6.07) is 5.70. The first-order chi connectivity index (χ1) is 9.56. The second-order valence-corrected chi connectivity index (χ2v) is 4.84. The molecule has 2 heterocycles. The molecule has 0 amide bonds. The van der Waals surface area contributed by atoms with Gasteiger partial charge < -0.3 is 14.8 Å². The molecule has 0 bridgehead atoms. The molecule has 0 aliphatic heterocycles. The Morgan fingerprint density at radius 3 is 3.00 bits per heavy atom. The van der Waals surface area contributed by atoms with Gasteiger partial charge in [0.1, 0.15) is 11.3 Å². The average molecular weight is 274 g/mol. The summed E-state index contributed by atoms with van der Waals surface area (Å²) in [4.78, 5) is 15.2. The maximum atomic E-state index is 11.2. The Balaban J connectivity index is 2.01. The summed E-state index contributed by atoms with van der Waals surface area (Å²) < 4.78 is 5.28. The number of carboxylic acids is 1. The van der Waals surface area contributed by atoms with Gasteiger partial charge in [0, 0.05) is 24.4 Å². The van der Waals surface area contributed by atoms with Gasteiger partial charge in [-0.2, -0.15) is 0 Å². The molecule has 0 radical (unpaired) electrons. The van der Waals surface area contributed by atoms with Gasteiger partial charge in [-0.25, -0.2) is 4.79 Å². The predicted octanol–water partition coefficient (Wildman–Crippen LogP) is 3.11. The third kappa shape index (κ3) is 3.60. The maximum absolute atomic E-state index is 11.2. The Morgan fingerprint density at radius 2 is 2.35 bits per heavy atom. The van der Waals surface area contributed by atoms with Crippen LogP contribution < -0.4 is 5.32 Å². The van der Waals surface area contributed by atoms with Crippen molar-refractivity contribution in [1.82, 2.24) is 4.98 Å². The minimum atomic E-state index is -0.974. The van der Waals surface area contributed by atoms with Crippen LogP contribution in [-0.2, 0) is 6.42 Å². The zero-order valence-electron chi connectivity index (χ0n) is 11.6. The fourth-order valence-electron chi connectivity index (χ4n) is 2.00. The number of hydrogen-bond acceptors (Lipinski definition) is 4. The monoisotopic (exact) mass is 274 g/mol. The third-order valence-corrected chi connectivity index (χ3v) is 3.08. The van der Waals surface area contributed by atoms with Crippen LogP contribution in [0.5, 0.6) is 0 Å². The highest BCUT2D eigenvalue weighted by Gasteiger charge is 2.13. The molecule has 5 heteroatoms. The molecule has 1 unspecified atom stereocenters. The van der Waals surface area contributed by atoms with Gasteiger partial charge in [0.05, 0.1) is 12.0 Å². The summed E-state index contributed by atoms with van der Waals surface area (Å²) in [5.74, 6) is -0.0405. The molecule has 2 aromatic rings. The van der Waals surface area contributed by atoms with Crippen molar-refractivity contribution in [3.63, 3.8) is 0 Å². The first-order valence-corrected chi connectivity index (χ1v) is 6.55. The number of carbonyl (C=O) groups is 1. The van der Waals surface area contributed by atoms with Crippen LogP contribution in [0.2, 0.25) is 0 Å². The van der Waals surface area contributed by atoms with Crippen LogP contribution in [-0.4, -0.2) is 22.1 Å². The van der Waals surface area contributed by atoms with Crippen molar-refractivity contribution in [1.29, 1.82) is 0 Å². The fourth-order valence-corrected chi connectivity index (χ4v) is 2.00. The number of anilines is 1. The maximum Gasteiger partial charge on any atom is 0.339 e. The van der Waals surface area contributed by atoms with E-state index in [1.807, 2.05) is 26.0 Å². The minimum Gasteiger partial charge on any atom is -0.478 e. The SMILES string of the molecule is Cc1cc(NC(C)CCc2ccco2)c(C(=O)O)cn1. The summed E-state index contributed by atoms with van der Waals surface area (Å²) >= 11 is 0. The molecule has 2 N–H and O–H groups in total. The minimum absolute atomic E-state index is 0.139. The van der Waals surface area contributed by atoms with Crippen molar-refractivity contribution in [2.75, 3.05) is 5.32 Å². The molecule has 0 aromatic carbocycles. The Labute approximate surface area is 117 Å². The number of aromatic carboxylic acids is 1. The second-order valence-electron chi connectivity index (χ2n) is 4.84. The molecule has 0 aliphatic carbocycles. The highest BCUT2D eigenvalue weighted by Crippen LogP contribution is 2.18. The number of carboxylic acid groups (broad SMARTS) is 1. The molecule has 2 rings (SSSR count). The standard InChI is InChI=1S/C15H18N2O3/c1-10(5-6-12-4-3-7-20-12)17-14-8-11(2)16-9-13(14)15(18)19/h3-4,7-10H,5-6H2,1-2H3,(H,16,17)(H,18,19). The van der Waals surface area contributed by atoms with Crippen LogP contribution in [0.4, 0.5) is 5.69 Å². The number of aromatic nitrogens is 1. The highest BCUT2D eigenvalue weighted by atomic mass is 16.4. The molecule has 106 valence electrons. The molecule has 5 nitrogen and oxygen atoms in total. The summed E-state index contributed by atoms with van der Waals surface area (Å²) in [6.07, 6.45) is 4.71. The van der Waals surface area contributed by atoms with E-state index in [9.17, 15) is 4.79 Å². The van der Waals surface area contributed by atoms with Gasteiger partial charge in [-0.1, -0.05) is 0 Å². The molecular weight excluding hydrogens is 256 g/mol. The van der Waals surface area contributed by atoms with Gasteiger partial charge in [-0.3, -0.25) is 4.98 Å². The average Bonchev–Trinajstić information content (AvgIpc) is 2.89. The first-order valence-electron chi connectivity index (χ1n) is 6.55. The Bertz CT molecular complexity index is 579. The lowest BCUT2D eigenvalue weighted by molar-refractivity contribution is 0.0697. The van der Waals surface area contributed by atoms with Crippen molar-refractivity contribution in [2.24, 2.45) is 0 Å². The number of hydrogen-bond donors (Lipinski definition) is 2. The molecule has 0 spiro atoms. The Hall–Kier alpha value is -2.30. The van der Waals surface area contributed by atoms with Gasteiger partial charge >= 0.3 is 5.97 Å². The van der Waals surface area contributed by atoms with Crippen LogP contribution in [0.15, 0.2) is 35.1 Å². The number of aryl methyl sites for hydroxylation is 2. The summed E-state index contributed by atoms with van der Waals surface area (Å²) in [5.41, 5.74) is 1.59. The lowest BCUT2D eigenvalue weighted by Gasteiger charge is -2.16. The van der Waals surface area contributed by atoms with E-state index in [4.69, 9.17) is 9.52 Å². The zero-order chi connectivity index (χ0) is 14.5. The van der Waals surface area contributed by atoms with Gasteiger partial charge in [-0.05, 0) is 38.5 Å². The number of pyridine rings is 1. The van der Waals surface area contributed by atoms with E-state index >= 15 is 0 Å². The Kier molecular flexibility index (Phi) is 4.40. The molecule has 20 heavy (non-hydrogen) atoms. The van der Waals surface area contributed by atoms with E-state index in [0.717, 1.165) is 24.3 Å². The molecule has 0 aliphatic rings. The Morgan fingerprint density at radius 1 is 1.55 bits per heavy atom. The molecule has 0 saturated carbocycles. The normalized spacial score (nSPS) is 12.1. The second kappa shape index (κ2) is 6.23. The van der Waals surface area contributed by atoms with Crippen LogP contribution in [0.3, 0.4) is 0 Å². The molecule has 0 fully saturated rings. The number of nitrogens with one attached hydrogen (secondary N) is 1. The van der Waals surface area contributed by atoms with Crippen molar-refractivity contribution < 1.29 is 14.3 Å². The summed E-state index contributed by atoms with van der Waals surface area (Å²) in [5, 5.41) is 12.4. The lowest BCUT2D eigenvalue weighted by atomic mass is 10.1. The highest BCUT2D eigenvalue weighted by molar-refractivity contribution is 5.93. The van der Waals surface area contributed by atoms with Gasteiger partial charge in [0.2, 0.25) is 0 Å². The first kappa shape index (κ1) is 14.1. The fraction of sp³-hybridized carbons (Fsp3) is 0.333. The van der Waals surface area contributed by atoms with Crippen molar-refractivity contribution >= 4 is 11.7 Å².